The number of nitrogens with one attached hydrogen (secondary N) is 1. The number of nitrogens with zero attached hydrogens (tertiary/aromatic N) is 8. The molecule has 41 heavy (non-hydrogen) atoms. The highest BCUT2D eigenvalue weighted by molar-refractivity contribution is 5.88. The molecule has 2 saturated heterocycles. The predicted octanol–water partition coefficient (Wildman–Crippen LogP) is 1.14. The van der Waals surface area contributed by atoms with Crippen molar-refractivity contribution in [3.63, 3.8) is 0 Å². The Balaban J connectivity index is 1.36. The lowest BCUT2D eigenvalue weighted by Crippen LogP contribution is -2.56. The van der Waals surface area contributed by atoms with Gasteiger partial charge in [-0.2, -0.15) is 10.1 Å². The van der Waals surface area contributed by atoms with Crippen LogP contribution in [0.15, 0.2) is 43.2 Å². The number of carbonyl (C=O) groups is 2. The molecule has 2 atom stereocenters. The molecular weight excluding hydrogens is 524 g/mol. The van der Waals surface area contributed by atoms with Gasteiger partial charge in [-0.05, 0) is 44.1 Å². The van der Waals surface area contributed by atoms with Gasteiger partial charge in [0.25, 0.3) is 0 Å². The molecule has 2 aliphatic heterocycles. The SMILES string of the molecule is C=CC(=O)N1CCN(c2nc(OCC3CCCN3C)nn3c(Cc4cccc5[nH]ncc45)cnc23)CC1CC(N)=O. The first-order chi connectivity index (χ1) is 19.9. The Bertz CT molecular complexity index is 1600. The van der Waals surface area contributed by atoms with E-state index in [-0.39, 0.29) is 18.3 Å². The lowest BCUT2D eigenvalue weighted by Gasteiger charge is -2.41. The van der Waals surface area contributed by atoms with Crippen LogP contribution < -0.4 is 15.4 Å². The summed E-state index contributed by atoms with van der Waals surface area (Å²) in [4.78, 5) is 39.9. The maximum absolute atomic E-state index is 12.5. The van der Waals surface area contributed by atoms with Gasteiger partial charge in [0.05, 0.1) is 29.6 Å². The van der Waals surface area contributed by atoms with Crippen molar-refractivity contribution in [2.45, 2.75) is 37.8 Å². The van der Waals surface area contributed by atoms with Crippen LogP contribution in [0.1, 0.15) is 30.5 Å². The Morgan fingerprint density at radius 2 is 2.10 bits per heavy atom. The average molecular weight is 559 g/mol. The van der Waals surface area contributed by atoms with Crippen LogP contribution in [0.3, 0.4) is 0 Å². The maximum atomic E-state index is 12.5. The number of rotatable bonds is 9. The lowest BCUT2D eigenvalue weighted by molar-refractivity contribution is -0.130. The molecule has 2 amide bonds. The molecule has 0 aliphatic carbocycles. The second-order valence-electron chi connectivity index (χ2n) is 10.7. The highest BCUT2D eigenvalue weighted by atomic mass is 16.5. The molecule has 13 nitrogen and oxygen atoms in total. The van der Waals surface area contributed by atoms with Crippen LogP contribution in [-0.4, -0.2) is 103 Å². The molecule has 3 N–H and O–H groups in total. The summed E-state index contributed by atoms with van der Waals surface area (Å²) in [5, 5.41) is 13.0. The molecule has 1 aromatic carbocycles. The molecule has 2 fully saturated rings. The van der Waals surface area contributed by atoms with E-state index in [0.717, 1.165) is 41.5 Å². The Labute approximate surface area is 237 Å². The van der Waals surface area contributed by atoms with Gasteiger partial charge < -0.3 is 25.2 Å². The van der Waals surface area contributed by atoms with Gasteiger partial charge >= 0.3 is 6.01 Å². The predicted molar refractivity (Wildman–Crippen MR) is 153 cm³/mol. The minimum Gasteiger partial charge on any atom is -0.461 e. The van der Waals surface area contributed by atoms with Crippen LogP contribution in [-0.2, 0) is 16.0 Å². The van der Waals surface area contributed by atoms with E-state index in [4.69, 9.17) is 25.5 Å². The fourth-order valence-electron chi connectivity index (χ4n) is 5.89. The summed E-state index contributed by atoms with van der Waals surface area (Å²) in [6, 6.07) is 6.18. The van der Waals surface area contributed by atoms with E-state index in [1.165, 1.54) is 6.08 Å². The molecule has 4 aromatic rings. The number of benzene rings is 1. The zero-order chi connectivity index (χ0) is 28.5. The van der Waals surface area contributed by atoms with Crippen molar-refractivity contribution in [1.29, 1.82) is 0 Å². The third-order valence-electron chi connectivity index (χ3n) is 8.10. The summed E-state index contributed by atoms with van der Waals surface area (Å²) < 4.78 is 7.99. The molecule has 2 unspecified atom stereocenters. The number of primary amides is 1. The van der Waals surface area contributed by atoms with Gasteiger partial charge in [-0.3, -0.25) is 14.7 Å². The lowest BCUT2D eigenvalue weighted by atomic mass is 10.1. The quantitative estimate of drug-likeness (QED) is 0.288. The van der Waals surface area contributed by atoms with E-state index in [9.17, 15) is 9.59 Å². The first kappa shape index (κ1) is 26.7. The number of H-pyrrole nitrogens is 1. The van der Waals surface area contributed by atoms with Crippen LogP contribution in [0, 0.1) is 0 Å². The van der Waals surface area contributed by atoms with E-state index in [1.807, 2.05) is 23.2 Å². The number of nitrogens with two attached hydrogens (primary N) is 1. The Hall–Kier alpha value is -4.52. The highest BCUT2D eigenvalue weighted by Crippen LogP contribution is 2.27. The number of likely N-dealkylation sites (N-methyl/N-ethyl adjacent to an activating group) is 1. The van der Waals surface area contributed by atoms with Crippen LogP contribution >= 0.6 is 0 Å². The van der Waals surface area contributed by atoms with Gasteiger partial charge in [-0.1, -0.05) is 18.7 Å². The van der Waals surface area contributed by atoms with E-state index in [1.54, 1.807) is 15.6 Å². The summed E-state index contributed by atoms with van der Waals surface area (Å²) in [6.45, 7) is 6.36. The number of amides is 2. The van der Waals surface area contributed by atoms with Crippen LogP contribution in [0.5, 0.6) is 6.01 Å². The highest BCUT2D eigenvalue weighted by Gasteiger charge is 2.33. The number of aromatic amines is 1. The van der Waals surface area contributed by atoms with Gasteiger partial charge in [0.1, 0.15) is 6.61 Å². The second kappa shape index (κ2) is 11.2. The van der Waals surface area contributed by atoms with Gasteiger partial charge in [-0.25, -0.2) is 9.50 Å². The van der Waals surface area contributed by atoms with Gasteiger partial charge in [-0.15, -0.1) is 5.10 Å². The molecule has 2 aliphatic rings. The summed E-state index contributed by atoms with van der Waals surface area (Å²) >= 11 is 0. The molecule has 6 rings (SSSR count). The van der Waals surface area contributed by atoms with E-state index in [2.05, 4.69) is 34.8 Å². The average Bonchev–Trinajstić information content (AvgIpc) is 3.71. The first-order valence-corrected chi connectivity index (χ1v) is 13.9. The minimum absolute atomic E-state index is 0.0310. The maximum Gasteiger partial charge on any atom is 0.336 e. The van der Waals surface area contributed by atoms with Crippen molar-refractivity contribution >= 4 is 34.2 Å². The monoisotopic (exact) mass is 558 g/mol. The zero-order valence-corrected chi connectivity index (χ0v) is 23.1. The van der Waals surface area contributed by atoms with Crippen molar-refractivity contribution in [2.75, 3.05) is 44.7 Å². The Kier molecular flexibility index (Phi) is 7.26. The van der Waals surface area contributed by atoms with Gasteiger partial charge in [0, 0.05) is 43.9 Å². The largest absolute Gasteiger partial charge is 0.461 e. The molecule has 214 valence electrons. The molecule has 0 saturated carbocycles. The summed E-state index contributed by atoms with van der Waals surface area (Å²) in [5.74, 6) is -0.125. The molecule has 3 aromatic heterocycles. The number of fused-ring (bicyclic) bond motifs is 2. The van der Waals surface area contributed by atoms with Gasteiger partial charge in [0.15, 0.2) is 11.5 Å². The molecule has 0 radical (unpaired) electrons. The normalized spacial score (nSPS) is 19.7. The topological polar surface area (TPSA) is 151 Å². The summed E-state index contributed by atoms with van der Waals surface area (Å²) in [5.41, 5.74) is 9.05. The van der Waals surface area contributed by atoms with Crippen LogP contribution in [0.2, 0.25) is 0 Å². The zero-order valence-electron chi connectivity index (χ0n) is 23.1. The number of anilines is 1. The standard InChI is InChI=1S/C28H34N10O3/c1-3-25(40)37-11-10-36(16-21(37)13-24(29)39)27-26-30-14-20(12-18-6-4-8-23-22(18)15-31-33-23)38(26)34-28(32-27)41-17-19-7-5-9-35(19)2/h3-4,6,8,14-15,19,21H,1,5,7,9-13,16-17H2,2H3,(H2,29,39)(H,31,33). The molecular formula is C28H34N10O3. The van der Waals surface area contributed by atoms with Crippen molar-refractivity contribution in [3.05, 3.63) is 54.5 Å². The van der Waals surface area contributed by atoms with Crippen LogP contribution in [0.4, 0.5) is 5.82 Å². The second-order valence-corrected chi connectivity index (χ2v) is 10.7. The van der Waals surface area contributed by atoms with E-state index < -0.39 is 11.9 Å². The fraction of sp³-hybridized carbons (Fsp3) is 0.429. The molecule has 5 heterocycles. The first-order valence-electron chi connectivity index (χ1n) is 13.9. The number of hydrogen-bond donors (Lipinski definition) is 2. The molecule has 13 heteroatoms. The smallest absolute Gasteiger partial charge is 0.336 e. The Morgan fingerprint density at radius 3 is 2.88 bits per heavy atom. The number of carbonyl (C=O) groups excluding carboxylic acids is 2. The van der Waals surface area contributed by atoms with Crippen molar-refractivity contribution in [2.24, 2.45) is 5.73 Å². The molecule has 0 bridgehead atoms. The fourth-order valence-corrected chi connectivity index (χ4v) is 5.89. The molecule has 0 spiro atoms. The minimum atomic E-state index is -0.479. The van der Waals surface area contributed by atoms with Crippen molar-refractivity contribution in [3.8, 4) is 6.01 Å². The van der Waals surface area contributed by atoms with E-state index >= 15 is 0 Å². The summed E-state index contributed by atoms with van der Waals surface area (Å²) in [7, 11) is 2.10. The number of hydrogen-bond acceptors (Lipinski definition) is 9. The third kappa shape index (κ3) is 5.32. The van der Waals surface area contributed by atoms with E-state index in [0.29, 0.717) is 50.2 Å². The van der Waals surface area contributed by atoms with Crippen molar-refractivity contribution in [1.82, 2.24) is 39.6 Å². The number of imidazole rings is 1. The van der Waals surface area contributed by atoms with Crippen molar-refractivity contribution < 1.29 is 14.3 Å². The van der Waals surface area contributed by atoms with Crippen LogP contribution in [0.25, 0.3) is 16.6 Å². The number of piperazine rings is 1. The van der Waals surface area contributed by atoms with Gasteiger partial charge in [0.2, 0.25) is 11.8 Å². The third-order valence-corrected chi connectivity index (χ3v) is 8.10. The number of likely N-dealkylation sites (tertiary alicyclic amines) is 1. The summed E-state index contributed by atoms with van der Waals surface area (Å²) in [6.07, 6.45) is 7.69. The number of aromatic nitrogens is 6. The Morgan fingerprint density at radius 1 is 1.22 bits per heavy atom. The number of ether oxygens (including phenoxy) is 1.